The molecule has 0 aliphatic carbocycles. The SMILES string of the molecule is Cc1cc(C)cc(CNCCCCCCBr)c1. The fourth-order valence-corrected chi connectivity index (χ4v) is 2.50. The van der Waals surface area contributed by atoms with Gasteiger partial charge in [0, 0.05) is 11.9 Å². The van der Waals surface area contributed by atoms with Gasteiger partial charge in [-0.15, -0.1) is 0 Å². The van der Waals surface area contributed by atoms with Crippen LogP contribution in [0.25, 0.3) is 0 Å². The zero-order valence-electron chi connectivity index (χ0n) is 11.1. The van der Waals surface area contributed by atoms with Gasteiger partial charge in [-0.2, -0.15) is 0 Å². The predicted molar refractivity (Wildman–Crippen MR) is 79.9 cm³/mol. The minimum Gasteiger partial charge on any atom is -0.313 e. The van der Waals surface area contributed by atoms with E-state index in [9.17, 15) is 0 Å². The molecule has 96 valence electrons. The monoisotopic (exact) mass is 297 g/mol. The number of halogens is 1. The zero-order chi connectivity index (χ0) is 12.5. The van der Waals surface area contributed by atoms with Crippen LogP contribution in [0.1, 0.15) is 42.4 Å². The molecule has 0 heterocycles. The number of rotatable bonds is 8. The summed E-state index contributed by atoms with van der Waals surface area (Å²) >= 11 is 3.46. The Morgan fingerprint density at radius 3 is 2.24 bits per heavy atom. The van der Waals surface area contributed by atoms with Crippen LogP contribution in [-0.4, -0.2) is 11.9 Å². The predicted octanol–water partition coefficient (Wildman–Crippen LogP) is 4.35. The maximum absolute atomic E-state index is 3.52. The first-order valence-electron chi connectivity index (χ1n) is 6.56. The number of benzene rings is 1. The second-order valence-electron chi connectivity index (χ2n) is 4.78. The molecule has 0 aromatic heterocycles. The van der Waals surface area contributed by atoms with E-state index in [4.69, 9.17) is 0 Å². The minimum atomic E-state index is 1.00. The van der Waals surface area contributed by atoms with Crippen LogP contribution in [0.4, 0.5) is 0 Å². The second kappa shape index (κ2) is 8.71. The van der Waals surface area contributed by atoms with Crippen molar-refractivity contribution in [2.45, 2.75) is 46.1 Å². The van der Waals surface area contributed by atoms with E-state index in [2.05, 4.69) is 53.3 Å². The lowest BCUT2D eigenvalue weighted by molar-refractivity contribution is 0.600. The van der Waals surface area contributed by atoms with Crippen LogP contribution < -0.4 is 5.32 Å². The van der Waals surface area contributed by atoms with E-state index in [1.807, 2.05) is 0 Å². The Hall–Kier alpha value is -0.340. The van der Waals surface area contributed by atoms with Crippen molar-refractivity contribution in [3.05, 3.63) is 34.9 Å². The first kappa shape index (κ1) is 14.7. The van der Waals surface area contributed by atoms with Gasteiger partial charge >= 0.3 is 0 Å². The van der Waals surface area contributed by atoms with E-state index < -0.39 is 0 Å². The number of nitrogens with one attached hydrogen (secondary N) is 1. The molecular weight excluding hydrogens is 274 g/mol. The van der Waals surface area contributed by atoms with Crippen molar-refractivity contribution >= 4 is 15.9 Å². The van der Waals surface area contributed by atoms with Crippen LogP contribution in [-0.2, 0) is 6.54 Å². The summed E-state index contributed by atoms with van der Waals surface area (Å²) in [5.74, 6) is 0. The van der Waals surface area contributed by atoms with Crippen molar-refractivity contribution in [3.8, 4) is 0 Å². The molecule has 2 heteroatoms. The number of aryl methyl sites for hydroxylation is 2. The largest absolute Gasteiger partial charge is 0.313 e. The lowest BCUT2D eigenvalue weighted by Gasteiger charge is -2.07. The summed E-state index contributed by atoms with van der Waals surface area (Å²) < 4.78 is 0. The molecular formula is C15H24BrN. The highest BCUT2D eigenvalue weighted by molar-refractivity contribution is 9.09. The Balaban J connectivity index is 2.13. The average Bonchev–Trinajstić information content (AvgIpc) is 2.26. The molecule has 0 bridgehead atoms. The van der Waals surface area contributed by atoms with Gasteiger partial charge in [0.1, 0.15) is 0 Å². The van der Waals surface area contributed by atoms with Crippen LogP contribution in [0.2, 0.25) is 0 Å². The van der Waals surface area contributed by atoms with Crippen molar-refractivity contribution in [2.24, 2.45) is 0 Å². The summed E-state index contributed by atoms with van der Waals surface area (Å²) in [7, 11) is 0. The highest BCUT2D eigenvalue weighted by atomic mass is 79.9. The third-order valence-electron chi connectivity index (χ3n) is 2.85. The first-order valence-corrected chi connectivity index (χ1v) is 7.68. The molecule has 1 aromatic rings. The molecule has 0 amide bonds. The van der Waals surface area contributed by atoms with Crippen molar-refractivity contribution < 1.29 is 0 Å². The Morgan fingerprint density at radius 2 is 1.59 bits per heavy atom. The zero-order valence-corrected chi connectivity index (χ0v) is 12.6. The van der Waals surface area contributed by atoms with Gasteiger partial charge in [0.15, 0.2) is 0 Å². The van der Waals surface area contributed by atoms with Gasteiger partial charge in [-0.3, -0.25) is 0 Å². The summed E-state index contributed by atoms with van der Waals surface area (Å²) in [6.45, 7) is 6.46. The molecule has 17 heavy (non-hydrogen) atoms. The summed E-state index contributed by atoms with van der Waals surface area (Å²) in [5.41, 5.74) is 4.13. The fraction of sp³-hybridized carbons (Fsp3) is 0.600. The molecule has 1 aromatic carbocycles. The molecule has 0 radical (unpaired) electrons. The lowest BCUT2D eigenvalue weighted by Crippen LogP contribution is -2.14. The van der Waals surface area contributed by atoms with Gasteiger partial charge in [-0.05, 0) is 38.8 Å². The molecule has 0 saturated heterocycles. The average molecular weight is 298 g/mol. The quantitative estimate of drug-likeness (QED) is 0.556. The molecule has 0 saturated carbocycles. The van der Waals surface area contributed by atoms with Gasteiger partial charge in [-0.25, -0.2) is 0 Å². The maximum Gasteiger partial charge on any atom is 0.0205 e. The number of unbranched alkanes of at least 4 members (excludes halogenated alkanes) is 3. The molecule has 1 N–H and O–H groups in total. The third-order valence-corrected chi connectivity index (χ3v) is 3.41. The minimum absolute atomic E-state index is 1.00. The van der Waals surface area contributed by atoms with Crippen LogP contribution >= 0.6 is 15.9 Å². The van der Waals surface area contributed by atoms with E-state index in [-0.39, 0.29) is 0 Å². The van der Waals surface area contributed by atoms with E-state index in [0.717, 1.165) is 18.4 Å². The Morgan fingerprint density at radius 1 is 0.941 bits per heavy atom. The van der Waals surface area contributed by atoms with E-state index in [1.54, 1.807) is 0 Å². The lowest BCUT2D eigenvalue weighted by atomic mass is 10.1. The van der Waals surface area contributed by atoms with Crippen LogP contribution in [0.5, 0.6) is 0 Å². The van der Waals surface area contributed by atoms with E-state index in [1.165, 1.54) is 42.4 Å². The molecule has 1 rings (SSSR count). The molecule has 0 aliphatic heterocycles. The van der Waals surface area contributed by atoms with Gasteiger partial charge < -0.3 is 5.32 Å². The highest BCUT2D eigenvalue weighted by Crippen LogP contribution is 2.08. The summed E-state index contributed by atoms with van der Waals surface area (Å²) in [6, 6.07) is 6.76. The molecule has 1 nitrogen and oxygen atoms in total. The smallest absolute Gasteiger partial charge is 0.0205 e. The Labute approximate surface area is 114 Å². The van der Waals surface area contributed by atoms with Crippen LogP contribution in [0.15, 0.2) is 18.2 Å². The van der Waals surface area contributed by atoms with Crippen molar-refractivity contribution in [1.29, 1.82) is 0 Å². The van der Waals surface area contributed by atoms with Crippen LogP contribution in [0.3, 0.4) is 0 Å². The molecule has 0 unspecified atom stereocenters. The Bertz CT molecular complexity index is 302. The fourth-order valence-electron chi connectivity index (χ4n) is 2.10. The third kappa shape index (κ3) is 6.85. The second-order valence-corrected chi connectivity index (χ2v) is 5.57. The normalized spacial score (nSPS) is 10.8. The van der Waals surface area contributed by atoms with Gasteiger partial charge in [0.25, 0.3) is 0 Å². The maximum atomic E-state index is 3.52. The van der Waals surface area contributed by atoms with E-state index >= 15 is 0 Å². The molecule has 0 aliphatic rings. The summed E-state index contributed by atoms with van der Waals surface area (Å²) in [6.07, 6.45) is 5.27. The first-order chi connectivity index (χ1) is 8.22. The molecule has 0 atom stereocenters. The number of hydrogen-bond donors (Lipinski definition) is 1. The van der Waals surface area contributed by atoms with Gasteiger partial charge in [-0.1, -0.05) is 58.1 Å². The topological polar surface area (TPSA) is 12.0 Å². The number of hydrogen-bond acceptors (Lipinski definition) is 1. The summed E-state index contributed by atoms with van der Waals surface area (Å²) in [4.78, 5) is 0. The molecule has 0 spiro atoms. The van der Waals surface area contributed by atoms with Crippen LogP contribution in [0, 0.1) is 13.8 Å². The molecule has 0 fully saturated rings. The highest BCUT2D eigenvalue weighted by Gasteiger charge is 1.96. The van der Waals surface area contributed by atoms with Gasteiger partial charge in [0.2, 0.25) is 0 Å². The van der Waals surface area contributed by atoms with Crippen molar-refractivity contribution in [3.63, 3.8) is 0 Å². The van der Waals surface area contributed by atoms with Crippen molar-refractivity contribution in [2.75, 3.05) is 11.9 Å². The summed E-state index contributed by atoms with van der Waals surface area (Å²) in [5, 5.41) is 4.66. The Kier molecular flexibility index (Phi) is 7.54. The van der Waals surface area contributed by atoms with Gasteiger partial charge in [0.05, 0.1) is 0 Å². The van der Waals surface area contributed by atoms with Crippen molar-refractivity contribution in [1.82, 2.24) is 5.32 Å². The van der Waals surface area contributed by atoms with E-state index in [0.29, 0.717) is 0 Å². The standard InChI is InChI=1S/C15H24BrN/c1-13-9-14(2)11-15(10-13)12-17-8-6-4-3-5-7-16/h9-11,17H,3-8,12H2,1-2H3. The number of alkyl halides is 1.